The smallest absolute Gasteiger partial charge is 0.413 e. The number of halogens is 1. The summed E-state index contributed by atoms with van der Waals surface area (Å²) < 4.78 is 27.1. The molecule has 0 N–H and O–H groups in total. The maximum absolute atomic E-state index is 13.6. The number of anilines is 2. The van der Waals surface area contributed by atoms with E-state index in [0.717, 1.165) is 61.3 Å². The second kappa shape index (κ2) is 15.0. The molecule has 47 heavy (non-hydrogen) atoms. The number of benzene rings is 2. The first-order valence-electron chi connectivity index (χ1n) is 16.6. The molecule has 2 aromatic carbocycles. The lowest BCUT2D eigenvalue weighted by atomic mass is 9.95. The molecule has 1 saturated heterocycles. The van der Waals surface area contributed by atoms with Crippen LogP contribution in [0.2, 0.25) is 0 Å². The molecule has 0 aliphatic carbocycles. The second-order valence-corrected chi connectivity index (χ2v) is 13.4. The average molecular weight is 646 g/mol. The number of carbonyl (C=O) groups excluding carboxylic acids is 1. The highest BCUT2D eigenvalue weighted by Gasteiger charge is 2.32. The van der Waals surface area contributed by atoms with Crippen LogP contribution in [-0.4, -0.2) is 75.6 Å². The molecule has 2 aromatic heterocycles. The summed E-state index contributed by atoms with van der Waals surface area (Å²) in [4.78, 5) is 33.4. The molecular weight excluding hydrogens is 597 g/mol. The molecule has 3 heterocycles. The summed E-state index contributed by atoms with van der Waals surface area (Å²) in [5.74, 6) is 1.90. The fourth-order valence-corrected chi connectivity index (χ4v) is 6.33. The third-order valence-corrected chi connectivity index (χ3v) is 8.87. The van der Waals surface area contributed by atoms with Gasteiger partial charge in [0.2, 0.25) is 24.6 Å². The van der Waals surface area contributed by atoms with Crippen LogP contribution in [-0.2, 0) is 11.3 Å². The Morgan fingerprint density at radius 1 is 1.06 bits per heavy atom. The molecule has 1 amide bonds. The van der Waals surface area contributed by atoms with Gasteiger partial charge in [-0.15, -0.1) is 0 Å². The Bertz CT molecular complexity index is 1620. The lowest BCUT2D eigenvalue weighted by Crippen LogP contribution is -2.49. The van der Waals surface area contributed by atoms with Crippen molar-refractivity contribution in [1.29, 1.82) is 0 Å². The molecule has 0 unspecified atom stereocenters. The van der Waals surface area contributed by atoms with Crippen LogP contribution in [0.3, 0.4) is 0 Å². The van der Waals surface area contributed by atoms with Gasteiger partial charge < -0.3 is 28.7 Å². The third-order valence-electron chi connectivity index (χ3n) is 8.87. The number of nitrogens with zero attached hydrogens (tertiary/aromatic N) is 7. The normalized spacial score (nSPS) is 14.1. The van der Waals surface area contributed by atoms with E-state index in [1.54, 1.807) is 17.2 Å². The SMILES string of the molecule is CCCC(C)(C)N(CC(C)C)C(=O)OCOc1ccnc(N(C)C2CCN(c3nc4ccccc4n3Cc3ccc(F)cc3)CC2)n1. The van der Waals surface area contributed by atoms with E-state index in [1.807, 2.05) is 37.4 Å². The molecule has 1 aliphatic rings. The Morgan fingerprint density at radius 2 is 1.79 bits per heavy atom. The molecule has 0 bridgehead atoms. The van der Waals surface area contributed by atoms with Crippen molar-refractivity contribution in [1.82, 2.24) is 24.4 Å². The quantitative estimate of drug-likeness (QED) is 0.142. The minimum atomic E-state index is -0.387. The molecule has 5 rings (SSSR count). The third kappa shape index (κ3) is 8.31. The number of rotatable bonds is 13. The van der Waals surface area contributed by atoms with Crippen molar-refractivity contribution in [2.45, 2.75) is 78.4 Å². The van der Waals surface area contributed by atoms with Gasteiger partial charge in [0.25, 0.3) is 0 Å². The minimum Gasteiger partial charge on any atom is -0.440 e. The Kier molecular flexibility index (Phi) is 10.8. The van der Waals surface area contributed by atoms with Crippen LogP contribution >= 0.6 is 0 Å². The van der Waals surface area contributed by atoms with E-state index in [9.17, 15) is 9.18 Å². The molecule has 0 spiro atoms. The maximum atomic E-state index is 13.6. The Morgan fingerprint density at radius 3 is 2.49 bits per heavy atom. The van der Waals surface area contributed by atoms with E-state index in [4.69, 9.17) is 14.5 Å². The lowest BCUT2D eigenvalue weighted by molar-refractivity contribution is 0.00702. The molecule has 11 heteroatoms. The molecule has 252 valence electrons. The van der Waals surface area contributed by atoms with E-state index in [-0.39, 0.29) is 30.3 Å². The number of amides is 1. The van der Waals surface area contributed by atoms with Gasteiger partial charge in [0.05, 0.1) is 17.6 Å². The standard InChI is InChI=1S/C36H48FN7O3/c1-7-19-36(4,5)44(23-26(2)3)35(45)47-25-46-32-16-20-38-33(40-32)41(6)29-17-21-42(22-18-29)34-39-30-10-8-9-11-31(30)43(34)24-27-12-14-28(37)15-13-27/h8-16,20,26,29H,7,17-19,21-25H2,1-6H3. The summed E-state index contributed by atoms with van der Waals surface area (Å²) >= 11 is 0. The zero-order chi connectivity index (χ0) is 33.6. The van der Waals surface area contributed by atoms with Gasteiger partial charge in [-0.05, 0) is 68.9 Å². The van der Waals surface area contributed by atoms with Crippen molar-refractivity contribution in [2.24, 2.45) is 5.92 Å². The molecule has 1 fully saturated rings. The number of aromatic nitrogens is 4. The second-order valence-electron chi connectivity index (χ2n) is 13.4. The molecule has 0 atom stereocenters. The van der Waals surface area contributed by atoms with Gasteiger partial charge in [0.1, 0.15) is 5.82 Å². The van der Waals surface area contributed by atoms with Crippen molar-refractivity contribution in [2.75, 3.05) is 43.3 Å². The summed E-state index contributed by atoms with van der Waals surface area (Å²) in [5.41, 5.74) is 2.70. The summed E-state index contributed by atoms with van der Waals surface area (Å²) in [5, 5.41) is 0. The molecule has 0 saturated carbocycles. The van der Waals surface area contributed by atoms with Gasteiger partial charge >= 0.3 is 6.09 Å². The largest absolute Gasteiger partial charge is 0.440 e. The first-order valence-corrected chi connectivity index (χ1v) is 16.6. The number of ether oxygens (including phenoxy) is 2. The number of hydrogen-bond donors (Lipinski definition) is 0. The Labute approximate surface area is 277 Å². The fraction of sp³-hybridized carbons (Fsp3) is 0.500. The predicted molar refractivity (Wildman–Crippen MR) is 183 cm³/mol. The van der Waals surface area contributed by atoms with Crippen molar-refractivity contribution in [3.63, 3.8) is 0 Å². The van der Waals surface area contributed by atoms with Crippen LogP contribution in [0.25, 0.3) is 11.0 Å². The van der Waals surface area contributed by atoms with Crippen molar-refractivity contribution in [3.8, 4) is 5.88 Å². The molecule has 10 nitrogen and oxygen atoms in total. The van der Waals surface area contributed by atoms with Crippen molar-refractivity contribution in [3.05, 3.63) is 72.2 Å². The Hall–Kier alpha value is -4.41. The van der Waals surface area contributed by atoms with Gasteiger partial charge in [-0.2, -0.15) is 4.98 Å². The number of fused-ring (bicyclic) bond motifs is 1. The van der Waals surface area contributed by atoms with E-state index < -0.39 is 0 Å². The van der Waals surface area contributed by atoms with Crippen LogP contribution in [0.5, 0.6) is 5.88 Å². The number of para-hydroxylation sites is 2. The Balaban J connectivity index is 1.19. The minimum absolute atomic E-state index is 0.222. The highest BCUT2D eigenvalue weighted by molar-refractivity contribution is 5.79. The topological polar surface area (TPSA) is 88.9 Å². The first-order chi connectivity index (χ1) is 22.6. The molecule has 4 aromatic rings. The van der Waals surface area contributed by atoms with Gasteiger partial charge in [-0.25, -0.2) is 19.2 Å². The number of hydrogen-bond acceptors (Lipinski definition) is 8. The van der Waals surface area contributed by atoms with Crippen LogP contribution < -0.4 is 14.5 Å². The fourth-order valence-electron chi connectivity index (χ4n) is 6.33. The lowest BCUT2D eigenvalue weighted by Gasteiger charge is -2.38. The maximum Gasteiger partial charge on any atom is 0.413 e. The summed E-state index contributed by atoms with van der Waals surface area (Å²) in [6.07, 6.45) is 4.91. The van der Waals surface area contributed by atoms with Gasteiger partial charge in [0, 0.05) is 50.5 Å². The van der Waals surface area contributed by atoms with E-state index >= 15 is 0 Å². The molecule has 1 aliphatic heterocycles. The highest BCUT2D eigenvalue weighted by Crippen LogP contribution is 2.29. The zero-order valence-corrected chi connectivity index (χ0v) is 28.5. The van der Waals surface area contributed by atoms with Gasteiger partial charge in [0.15, 0.2) is 0 Å². The van der Waals surface area contributed by atoms with Crippen molar-refractivity contribution < 1.29 is 18.7 Å². The van der Waals surface area contributed by atoms with Crippen LogP contribution in [0, 0.1) is 11.7 Å². The predicted octanol–water partition coefficient (Wildman–Crippen LogP) is 7.13. The van der Waals surface area contributed by atoms with Gasteiger partial charge in [-0.3, -0.25) is 0 Å². The monoisotopic (exact) mass is 645 g/mol. The average Bonchev–Trinajstić information content (AvgIpc) is 3.42. The molecular formula is C36H48FN7O3. The number of carbonyl (C=O) groups is 1. The summed E-state index contributed by atoms with van der Waals surface area (Å²) in [6.45, 7) is 13.1. The van der Waals surface area contributed by atoms with Gasteiger partial charge in [-0.1, -0.05) is 51.5 Å². The summed E-state index contributed by atoms with van der Waals surface area (Å²) in [6, 6.07) is 16.7. The number of piperidine rings is 1. The van der Waals surface area contributed by atoms with E-state index in [0.29, 0.717) is 30.8 Å². The van der Waals surface area contributed by atoms with Crippen molar-refractivity contribution >= 4 is 29.0 Å². The zero-order valence-electron chi connectivity index (χ0n) is 28.5. The van der Waals surface area contributed by atoms with E-state index in [1.165, 1.54) is 12.1 Å². The summed E-state index contributed by atoms with van der Waals surface area (Å²) in [7, 11) is 2.00. The highest BCUT2D eigenvalue weighted by atomic mass is 19.1. The van der Waals surface area contributed by atoms with Crippen LogP contribution in [0.15, 0.2) is 60.8 Å². The van der Waals surface area contributed by atoms with Crippen LogP contribution in [0.1, 0.15) is 65.9 Å². The first kappa shape index (κ1) is 33.9. The molecule has 0 radical (unpaired) electrons. The number of imidazole rings is 1. The van der Waals surface area contributed by atoms with Crippen LogP contribution in [0.4, 0.5) is 21.1 Å². The van der Waals surface area contributed by atoms with E-state index in [2.05, 4.69) is 65.0 Å².